The molecule has 0 aliphatic rings. The van der Waals surface area contributed by atoms with Crippen LogP contribution in [0.2, 0.25) is 19.6 Å². The number of halogens is 1. The summed E-state index contributed by atoms with van der Waals surface area (Å²) in [5.41, 5.74) is 0. The molecule has 3 aromatic carbocycles. The number of rotatable bonds is 9. The van der Waals surface area contributed by atoms with Crippen molar-refractivity contribution < 1.29 is 28.4 Å². The highest BCUT2D eigenvalue weighted by Crippen LogP contribution is 2.57. The average molecular weight is 563 g/mol. The zero-order valence-corrected chi connectivity index (χ0v) is 23.5. The molecule has 0 saturated carbocycles. The summed E-state index contributed by atoms with van der Waals surface area (Å²) in [6.07, 6.45) is 2.48. The Kier molecular flexibility index (Phi) is 9.94. The Labute approximate surface area is 208 Å². The number of hydrogen-bond donors (Lipinski definition) is 0. The average Bonchev–Trinajstić information content (AvgIpc) is 2.77. The number of hydrogen-bond acceptors (Lipinski definition) is 1. The largest absolute Gasteiger partial charge is 1.00 e. The van der Waals surface area contributed by atoms with Crippen molar-refractivity contribution in [3.05, 3.63) is 91.0 Å². The van der Waals surface area contributed by atoms with E-state index in [4.69, 9.17) is 4.43 Å². The molecule has 0 saturated heterocycles. The minimum Gasteiger partial charge on any atom is -1.00 e. The third-order valence-electron chi connectivity index (χ3n) is 5.69. The molecule has 166 valence electrons. The Morgan fingerprint density at radius 2 is 1.06 bits per heavy atom. The molecule has 0 aliphatic carbocycles. The van der Waals surface area contributed by atoms with Crippen LogP contribution in [0.25, 0.3) is 0 Å². The van der Waals surface area contributed by atoms with E-state index in [1.807, 2.05) is 0 Å². The highest BCUT2D eigenvalue weighted by molar-refractivity contribution is 7.95. The van der Waals surface area contributed by atoms with Crippen molar-refractivity contribution >= 4 is 31.5 Å². The van der Waals surface area contributed by atoms with Crippen LogP contribution in [0.3, 0.4) is 0 Å². The molecule has 4 heteroatoms. The first-order valence-corrected chi connectivity index (χ1v) is 16.5. The summed E-state index contributed by atoms with van der Waals surface area (Å²) in [7, 11) is -3.41. The molecule has 0 bridgehead atoms. The Morgan fingerprint density at radius 1 is 0.710 bits per heavy atom. The van der Waals surface area contributed by atoms with Crippen molar-refractivity contribution in [2.75, 3.05) is 6.16 Å². The van der Waals surface area contributed by atoms with Crippen LogP contribution in [-0.4, -0.2) is 20.6 Å². The summed E-state index contributed by atoms with van der Waals surface area (Å²) in [6, 6.07) is 33.5. The second-order valence-corrected chi connectivity index (χ2v) is 17.1. The summed E-state index contributed by atoms with van der Waals surface area (Å²) in [6.45, 7) is 11.6. The molecular formula is C27H36IOPSi. The second-order valence-electron chi connectivity index (χ2n) is 9.15. The highest BCUT2D eigenvalue weighted by atomic mass is 127. The van der Waals surface area contributed by atoms with E-state index in [0.717, 1.165) is 12.6 Å². The highest BCUT2D eigenvalue weighted by Gasteiger charge is 2.47. The molecule has 0 amide bonds. The zero-order chi connectivity index (χ0) is 21.6. The molecule has 0 radical (unpaired) electrons. The van der Waals surface area contributed by atoms with Gasteiger partial charge in [-0.15, -0.1) is 0 Å². The Morgan fingerprint density at radius 3 is 1.35 bits per heavy atom. The monoisotopic (exact) mass is 562 g/mol. The molecule has 2 unspecified atom stereocenters. The van der Waals surface area contributed by atoms with Crippen molar-refractivity contribution in [1.82, 2.24) is 0 Å². The van der Waals surface area contributed by atoms with Crippen LogP contribution in [0.15, 0.2) is 91.0 Å². The van der Waals surface area contributed by atoms with Gasteiger partial charge in [0.1, 0.15) is 23.2 Å². The zero-order valence-electron chi connectivity index (χ0n) is 19.5. The van der Waals surface area contributed by atoms with Crippen LogP contribution < -0.4 is 39.9 Å². The topological polar surface area (TPSA) is 9.23 Å². The fraction of sp³-hybridized carbons (Fsp3) is 0.333. The smallest absolute Gasteiger partial charge is 0.184 e. The van der Waals surface area contributed by atoms with Crippen LogP contribution in [-0.2, 0) is 4.43 Å². The summed E-state index contributed by atoms with van der Waals surface area (Å²) in [5, 5.41) is 4.37. The van der Waals surface area contributed by atoms with Crippen LogP contribution in [0, 0.1) is 5.92 Å². The van der Waals surface area contributed by atoms with E-state index in [0.29, 0.717) is 12.0 Å². The summed E-state index contributed by atoms with van der Waals surface area (Å²) in [5.74, 6) is 0.468. The molecule has 3 rings (SSSR count). The van der Waals surface area contributed by atoms with Gasteiger partial charge in [-0.05, 0) is 62.5 Å². The van der Waals surface area contributed by atoms with Gasteiger partial charge >= 0.3 is 0 Å². The molecule has 0 fully saturated rings. The van der Waals surface area contributed by atoms with Crippen molar-refractivity contribution in [2.24, 2.45) is 5.92 Å². The minimum atomic E-state index is -1.81. The van der Waals surface area contributed by atoms with Gasteiger partial charge in [0.15, 0.2) is 8.32 Å². The Hall–Kier alpha value is -1.00. The molecule has 0 heterocycles. The van der Waals surface area contributed by atoms with E-state index in [9.17, 15) is 0 Å². The quantitative estimate of drug-likeness (QED) is 0.221. The molecule has 3 aromatic rings. The third-order valence-corrected chi connectivity index (χ3v) is 11.4. The predicted octanol–water partition coefficient (Wildman–Crippen LogP) is 3.25. The molecule has 0 aromatic heterocycles. The first-order chi connectivity index (χ1) is 14.4. The van der Waals surface area contributed by atoms with Gasteiger partial charge in [-0.1, -0.05) is 68.4 Å². The van der Waals surface area contributed by atoms with Gasteiger partial charge in [-0.2, -0.15) is 0 Å². The van der Waals surface area contributed by atoms with Crippen molar-refractivity contribution in [3.8, 4) is 0 Å². The maximum Gasteiger partial charge on any atom is 0.184 e. The lowest BCUT2D eigenvalue weighted by atomic mass is 10.1. The van der Waals surface area contributed by atoms with Gasteiger partial charge in [-0.25, -0.2) is 0 Å². The van der Waals surface area contributed by atoms with Crippen molar-refractivity contribution in [1.29, 1.82) is 0 Å². The van der Waals surface area contributed by atoms with Crippen LogP contribution in [0.5, 0.6) is 0 Å². The van der Waals surface area contributed by atoms with E-state index in [-0.39, 0.29) is 24.0 Å². The Balaban J connectivity index is 0.00000341. The standard InChI is InChI=1S/C27H36OPSi.HI/c1-6-27(28-30(3,4)5)23(2)22-29(24-16-10-7-11-17-24,25-18-12-8-13-19-25)26-20-14-9-15-21-26;/h7-21,23,27H,6,22H2,1-5H3;1H/q+1;/p-1. The van der Waals surface area contributed by atoms with Gasteiger partial charge in [0.05, 0.1) is 12.3 Å². The van der Waals surface area contributed by atoms with E-state index in [1.165, 1.54) is 15.9 Å². The van der Waals surface area contributed by atoms with Crippen molar-refractivity contribution in [3.63, 3.8) is 0 Å². The summed E-state index contributed by atoms with van der Waals surface area (Å²) in [4.78, 5) is 0. The lowest BCUT2D eigenvalue weighted by Crippen LogP contribution is -3.00. The SMILES string of the molecule is CCC(O[Si](C)(C)C)C(C)C[P+](c1ccccc1)(c1ccccc1)c1ccccc1.[I-]. The lowest BCUT2D eigenvalue weighted by Gasteiger charge is -2.35. The number of benzene rings is 3. The van der Waals surface area contributed by atoms with Gasteiger partial charge in [-0.3, -0.25) is 0 Å². The van der Waals surface area contributed by atoms with Gasteiger partial charge in [0.2, 0.25) is 0 Å². The minimum absolute atomic E-state index is 0. The normalized spacial score (nSPS) is 13.8. The Bertz CT molecular complexity index is 800. The van der Waals surface area contributed by atoms with Crippen LogP contribution in [0.1, 0.15) is 20.3 Å². The van der Waals surface area contributed by atoms with E-state index in [2.05, 4.69) is 124 Å². The maximum atomic E-state index is 6.66. The molecule has 0 aliphatic heterocycles. The third kappa shape index (κ3) is 6.51. The van der Waals surface area contributed by atoms with Gasteiger partial charge in [0.25, 0.3) is 0 Å². The van der Waals surface area contributed by atoms with Crippen LogP contribution in [0.4, 0.5) is 0 Å². The van der Waals surface area contributed by atoms with Gasteiger partial charge in [0, 0.05) is 5.92 Å². The fourth-order valence-electron chi connectivity index (χ4n) is 4.42. The molecule has 0 N–H and O–H groups in total. The fourth-order valence-corrected chi connectivity index (χ4v) is 10.4. The summed E-state index contributed by atoms with van der Waals surface area (Å²) < 4.78 is 6.66. The van der Waals surface area contributed by atoms with E-state index >= 15 is 0 Å². The lowest BCUT2D eigenvalue weighted by molar-refractivity contribution is -0.00000793. The molecule has 1 nitrogen and oxygen atoms in total. The van der Waals surface area contributed by atoms with Crippen LogP contribution >= 0.6 is 7.26 Å². The van der Waals surface area contributed by atoms with Crippen molar-refractivity contribution in [2.45, 2.75) is 46.0 Å². The second kappa shape index (κ2) is 11.7. The van der Waals surface area contributed by atoms with E-state index < -0.39 is 15.6 Å². The molecule has 2 atom stereocenters. The molecule has 31 heavy (non-hydrogen) atoms. The predicted molar refractivity (Wildman–Crippen MR) is 138 cm³/mol. The molecular weight excluding hydrogens is 526 g/mol. The first-order valence-electron chi connectivity index (χ1n) is 11.1. The summed E-state index contributed by atoms with van der Waals surface area (Å²) >= 11 is 0. The maximum absolute atomic E-state index is 6.66. The van der Waals surface area contributed by atoms with Gasteiger partial charge < -0.3 is 28.4 Å². The molecule has 0 spiro atoms. The first kappa shape index (κ1) is 26.3. The van der Waals surface area contributed by atoms with E-state index in [1.54, 1.807) is 0 Å².